The van der Waals surface area contributed by atoms with Gasteiger partial charge in [0.15, 0.2) is 5.84 Å². The molecule has 0 bridgehead atoms. The van der Waals surface area contributed by atoms with Crippen molar-refractivity contribution in [2.45, 2.75) is 31.3 Å². The number of carbonyl (C=O) groups is 1. The van der Waals surface area contributed by atoms with Gasteiger partial charge in [-0.15, -0.1) is 0 Å². The lowest BCUT2D eigenvalue weighted by Crippen LogP contribution is -2.42. The average molecular weight is 537 g/mol. The van der Waals surface area contributed by atoms with Crippen LogP contribution >= 0.6 is 11.6 Å². The third-order valence-corrected chi connectivity index (χ3v) is 5.50. The summed E-state index contributed by atoms with van der Waals surface area (Å²) < 4.78 is 78.9. The maximum Gasteiger partial charge on any atom is 0.435 e. The second-order valence-electron chi connectivity index (χ2n) is 7.84. The largest absolute Gasteiger partial charge is 0.435 e. The summed E-state index contributed by atoms with van der Waals surface area (Å²) >= 11 is 5.88. The summed E-state index contributed by atoms with van der Waals surface area (Å²) in [6, 6.07) is 9.48. The molecule has 1 atom stereocenters. The van der Waals surface area contributed by atoms with Gasteiger partial charge in [-0.25, -0.2) is 0 Å². The number of aryl methyl sites for hydroxylation is 1. The molecule has 0 aliphatic carbocycles. The summed E-state index contributed by atoms with van der Waals surface area (Å²) in [5, 5.41) is 14.8. The number of benzene rings is 2. The topological polar surface area (TPSA) is 95.3 Å². The molecular weight excluding hydrogens is 518 g/mol. The number of hydrogen-bond acceptors (Lipinski definition) is 5. The Morgan fingerprint density at radius 3 is 2.50 bits per heavy atom. The molecule has 0 spiro atoms. The van der Waals surface area contributed by atoms with E-state index in [1.807, 2.05) is 0 Å². The number of amidine groups is 1. The fourth-order valence-electron chi connectivity index (χ4n) is 3.49. The highest BCUT2D eigenvalue weighted by Gasteiger charge is 2.62. The molecule has 0 aromatic heterocycles. The number of nitrogens with one attached hydrogen (secondary N) is 2. The first-order valence-electron chi connectivity index (χ1n) is 10.2. The number of alkyl halides is 6. The molecular formula is C22H19ClF6N4O3. The van der Waals surface area contributed by atoms with Crippen molar-refractivity contribution in [1.82, 2.24) is 10.8 Å². The zero-order valence-corrected chi connectivity index (χ0v) is 19.2. The van der Waals surface area contributed by atoms with Crippen molar-refractivity contribution in [2.75, 3.05) is 13.1 Å². The van der Waals surface area contributed by atoms with Crippen molar-refractivity contribution in [3.8, 4) is 0 Å². The lowest BCUT2D eigenvalue weighted by Gasteiger charge is -2.29. The maximum atomic E-state index is 14.1. The Labute approximate surface area is 205 Å². The normalized spacial score (nSPS) is 18.5. The monoisotopic (exact) mass is 536 g/mol. The minimum Gasteiger partial charge on any atom is -0.374 e. The molecule has 7 nitrogen and oxygen atoms in total. The quantitative estimate of drug-likeness (QED) is 0.217. The summed E-state index contributed by atoms with van der Waals surface area (Å²) in [6.07, 6.45) is -10.0. The smallest absolute Gasteiger partial charge is 0.374 e. The van der Waals surface area contributed by atoms with E-state index in [0.717, 1.165) is 6.07 Å². The fraction of sp³-hybridized carbons (Fsp3) is 0.318. The van der Waals surface area contributed by atoms with Crippen molar-refractivity contribution in [3.63, 3.8) is 0 Å². The highest BCUT2D eigenvalue weighted by atomic mass is 35.5. The number of hydrogen-bond donors (Lipinski definition) is 3. The zero-order valence-electron chi connectivity index (χ0n) is 18.5. The number of aliphatic imine (C=N–C) groups is 1. The van der Waals surface area contributed by atoms with Gasteiger partial charge >= 0.3 is 12.4 Å². The van der Waals surface area contributed by atoms with Gasteiger partial charge < -0.3 is 10.2 Å². The molecule has 1 aliphatic heterocycles. The summed E-state index contributed by atoms with van der Waals surface area (Å²) in [7, 11) is 0. The molecule has 194 valence electrons. The van der Waals surface area contributed by atoms with Crippen LogP contribution in [-0.4, -0.2) is 48.1 Å². The number of hydroxylamine groups is 1. The van der Waals surface area contributed by atoms with Crippen LogP contribution in [0.25, 0.3) is 0 Å². The summed E-state index contributed by atoms with van der Waals surface area (Å²) in [5.74, 6) is -1.26. The van der Waals surface area contributed by atoms with Crippen molar-refractivity contribution in [1.29, 1.82) is 0 Å². The molecule has 0 fully saturated rings. The predicted octanol–water partition coefficient (Wildman–Crippen LogP) is 4.63. The van der Waals surface area contributed by atoms with Crippen molar-refractivity contribution < 1.29 is 41.2 Å². The van der Waals surface area contributed by atoms with Crippen molar-refractivity contribution in [2.24, 2.45) is 10.1 Å². The lowest BCUT2D eigenvalue weighted by atomic mass is 9.86. The second-order valence-corrected chi connectivity index (χ2v) is 8.28. The van der Waals surface area contributed by atoms with Gasteiger partial charge in [0.25, 0.3) is 5.60 Å². The predicted molar refractivity (Wildman–Crippen MR) is 118 cm³/mol. The molecule has 2 aromatic carbocycles. The highest BCUT2D eigenvalue weighted by Crippen LogP contribution is 2.49. The summed E-state index contributed by atoms with van der Waals surface area (Å²) in [4.78, 5) is 20.3. The van der Waals surface area contributed by atoms with Gasteiger partial charge in [0.2, 0.25) is 5.91 Å². The minimum absolute atomic E-state index is 0.00363. The van der Waals surface area contributed by atoms with E-state index < -0.39 is 43.4 Å². The Morgan fingerprint density at radius 1 is 1.19 bits per heavy atom. The van der Waals surface area contributed by atoms with Gasteiger partial charge in [0, 0.05) is 22.6 Å². The summed E-state index contributed by atoms with van der Waals surface area (Å²) in [5.41, 5.74) is -0.211. The second kappa shape index (κ2) is 10.3. The van der Waals surface area contributed by atoms with Gasteiger partial charge in [0.1, 0.15) is 13.1 Å². The van der Waals surface area contributed by atoms with E-state index in [-0.39, 0.29) is 27.7 Å². The van der Waals surface area contributed by atoms with E-state index in [9.17, 15) is 36.3 Å². The molecule has 1 heterocycles. The Bertz CT molecular complexity index is 1200. The van der Waals surface area contributed by atoms with Crippen LogP contribution in [0.3, 0.4) is 0 Å². The van der Waals surface area contributed by atoms with E-state index in [1.165, 1.54) is 36.4 Å². The number of nitrogens with zero attached hydrogens (tertiary/aromatic N) is 2. The molecule has 1 aliphatic rings. The van der Waals surface area contributed by atoms with Gasteiger partial charge in [-0.2, -0.15) is 26.3 Å². The van der Waals surface area contributed by atoms with Crippen LogP contribution in [0.5, 0.6) is 0 Å². The Kier molecular flexibility index (Phi) is 7.84. The van der Waals surface area contributed by atoms with Crippen LogP contribution in [0, 0.1) is 6.92 Å². The number of carbonyl (C=O) groups excluding carboxylic acids is 1. The average Bonchev–Trinajstić information content (AvgIpc) is 3.25. The molecule has 1 unspecified atom stereocenters. The molecule has 2 aromatic rings. The minimum atomic E-state index is -4.81. The third-order valence-electron chi connectivity index (χ3n) is 5.26. The maximum absolute atomic E-state index is 14.1. The van der Waals surface area contributed by atoms with Gasteiger partial charge in [-0.05, 0) is 36.2 Å². The molecule has 3 rings (SSSR count). The third kappa shape index (κ3) is 6.08. The molecule has 14 heteroatoms. The van der Waals surface area contributed by atoms with Crippen molar-refractivity contribution >= 4 is 29.1 Å². The lowest BCUT2D eigenvalue weighted by molar-refractivity contribution is -0.275. The first-order chi connectivity index (χ1) is 16.8. The van der Waals surface area contributed by atoms with Crippen LogP contribution in [0.4, 0.5) is 26.3 Å². The van der Waals surface area contributed by atoms with E-state index in [1.54, 1.807) is 17.7 Å². The Morgan fingerprint density at radius 2 is 1.92 bits per heavy atom. The molecule has 0 saturated carbocycles. The fourth-order valence-corrected chi connectivity index (χ4v) is 3.68. The van der Waals surface area contributed by atoms with E-state index >= 15 is 0 Å². The molecule has 0 saturated heterocycles. The number of amides is 1. The van der Waals surface area contributed by atoms with Crippen molar-refractivity contribution in [3.05, 3.63) is 69.7 Å². The zero-order chi connectivity index (χ0) is 26.7. The van der Waals surface area contributed by atoms with Gasteiger partial charge in [0.05, 0.1) is 5.71 Å². The van der Waals surface area contributed by atoms with E-state index in [4.69, 9.17) is 16.4 Å². The van der Waals surface area contributed by atoms with Crippen LogP contribution in [0.1, 0.15) is 28.7 Å². The van der Waals surface area contributed by atoms with E-state index in [0.29, 0.717) is 11.1 Å². The standard InChI is InChI=1S/C22H19ClF6N4O3/c1-12-7-13(5-6-16(12)19(32-35)30-10-18(34)31-11-21(24,25)26)17-9-20(36-33-17,22(27,28)29)14-3-2-4-15(23)8-14/h2-8,35H,9-11H2,1H3,(H,30,32)(H,31,34). The van der Waals surface area contributed by atoms with Crippen LogP contribution < -0.4 is 10.8 Å². The SMILES string of the molecule is Cc1cc(C2=NOC(c3cccc(Cl)c3)(C(F)(F)F)C2)ccc1C(=NCC(=O)NCC(F)(F)F)NO. The molecule has 0 radical (unpaired) electrons. The van der Waals surface area contributed by atoms with E-state index in [2.05, 4.69) is 10.1 Å². The van der Waals surface area contributed by atoms with Crippen LogP contribution in [0.15, 0.2) is 52.6 Å². The van der Waals surface area contributed by atoms with Crippen LogP contribution in [0.2, 0.25) is 5.02 Å². The first-order valence-corrected chi connectivity index (χ1v) is 10.6. The molecule has 3 N–H and O–H groups in total. The summed E-state index contributed by atoms with van der Waals surface area (Å²) in [6.45, 7) is -0.691. The molecule has 36 heavy (non-hydrogen) atoms. The Hall–Kier alpha value is -3.32. The Balaban J connectivity index is 1.81. The number of oxime groups is 1. The highest BCUT2D eigenvalue weighted by molar-refractivity contribution is 6.30. The van der Waals surface area contributed by atoms with Gasteiger partial charge in [-0.1, -0.05) is 41.0 Å². The first kappa shape index (κ1) is 27.3. The van der Waals surface area contributed by atoms with Gasteiger partial charge in [-0.3, -0.25) is 20.5 Å². The number of rotatable bonds is 6. The van der Waals surface area contributed by atoms with Crippen LogP contribution in [-0.2, 0) is 15.2 Å². The number of halogens is 7. The molecule has 1 amide bonds.